The molecule has 1 aromatic rings. The standard InChI is InChI=1S/C23H33NO2/c25-20(16-18-8-2-1-3-9-18)17-24-15-7-14-23(26)22-13-6-11-19-10-4-5-12-21(19)22/h1-3,8-9,19,21-22,24H,4-7,10-17H2. The fourth-order valence-corrected chi connectivity index (χ4v) is 5.03. The molecule has 3 nitrogen and oxygen atoms in total. The molecule has 3 atom stereocenters. The van der Waals surface area contributed by atoms with Gasteiger partial charge in [-0.15, -0.1) is 0 Å². The van der Waals surface area contributed by atoms with Gasteiger partial charge in [0.05, 0.1) is 6.54 Å². The normalized spacial score (nSPS) is 25.5. The highest BCUT2D eigenvalue weighted by atomic mass is 16.1. The third kappa shape index (κ3) is 5.51. The van der Waals surface area contributed by atoms with Crippen LogP contribution in [0.2, 0.25) is 0 Å². The molecule has 0 heterocycles. The predicted octanol–water partition coefficient (Wildman–Crippen LogP) is 4.34. The molecule has 2 fully saturated rings. The maximum Gasteiger partial charge on any atom is 0.150 e. The molecule has 0 saturated heterocycles. The molecule has 3 rings (SSSR count). The smallest absolute Gasteiger partial charge is 0.150 e. The number of Topliss-reactive ketones (excluding diaryl/α,β-unsaturated/α-hetero) is 2. The number of benzene rings is 1. The topological polar surface area (TPSA) is 46.2 Å². The zero-order chi connectivity index (χ0) is 18.2. The second kappa shape index (κ2) is 10.0. The number of rotatable bonds is 9. The van der Waals surface area contributed by atoms with Gasteiger partial charge in [-0.25, -0.2) is 0 Å². The lowest BCUT2D eigenvalue weighted by Crippen LogP contribution is -2.35. The summed E-state index contributed by atoms with van der Waals surface area (Å²) in [6.07, 6.45) is 11.0. The van der Waals surface area contributed by atoms with Crippen LogP contribution in [0.15, 0.2) is 30.3 Å². The average Bonchev–Trinajstić information content (AvgIpc) is 2.68. The van der Waals surface area contributed by atoms with Crippen molar-refractivity contribution < 1.29 is 9.59 Å². The van der Waals surface area contributed by atoms with Crippen molar-refractivity contribution in [2.45, 2.75) is 64.2 Å². The summed E-state index contributed by atoms with van der Waals surface area (Å²) in [5.74, 6) is 2.51. The first-order valence-electron chi connectivity index (χ1n) is 10.5. The van der Waals surface area contributed by atoms with Gasteiger partial charge >= 0.3 is 0 Å². The molecular weight excluding hydrogens is 322 g/mol. The minimum absolute atomic E-state index is 0.208. The Bertz CT molecular complexity index is 581. The Balaban J connectivity index is 1.32. The average molecular weight is 356 g/mol. The summed E-state index contributed by atoms with van der Waals surface area (Å²) in [7, 11) is 0. The van der Waals surface area contributed by atoms with E-state index in [0.717, 1.165) is 30.9 Å². The van der Waals surface area contributed by atoms with E-state index in [-0.39, 0.29) is 5.78 Å². The van der Waals surface area contributed by atoms with Crippen LogP contribution in [0.4, 0.5) is 0 Å². The molecule has 142 valence electrons. The molecule has 3 heteroatoms. The lowest BCUT2D eigenvalue weighted by atomic mass is 9.64. The van der Waals surface area contributed by atoms with E-state index in [4.69, 9.17) is 0 Å². The zero-order valence-corrected chi connectivity index (χ0v) is 15.9. The van der Waals surface area contributed by atoms with E-state index in [9.17, 15) is 9.59 Å². The second-order valence-electron chi connectivity index (χ2n) is 8.19. The van der Waals surface area contributed by atoms with Crippen LogP contribution < -0.4 is 5.32 Å². The minimum atomic E-state index is 0.208. The van der Waals surface area contributed by atoms with Gasteiger partial charge in [0.15, 0.2) is 5.78 Å². The van der Waals surface area contributed by atoms with Gasteiger partial charge in [-0.05, 0) is 43.2 Å². The van der Waals surface area contributed by atoms with Gasteiger partial charge in [0.25, 0.3) is 0 Å². The Labute approximate surface area is 157 Å². The van der Waals surface area contributed by atoms with Gasteiger partial charge in [-0.1, -0.05) is 62.4 Å². The van der Waals surface area contributed by atoms with Crippen LogP contribution in [-0.2, 0) is 16.0 Å². The Morgan fingerprint density at radius 1 is 0.962 bits per heavy atom. The number of ketones is 2. The van der Waals surface area contributed by atoms with Crippen LogP contribution in [0.5, 0.6) is 0 Å². The molecule has 3 unspecified atom stereocenters. The van der Waals surface area contributed by atoms with Crippen molar-refractivity contribution in [3.05, 3.63) is 35.9 Å². The lowest BCUT2D eigenvalue weighted by molar-refractivity contribution is -0.127. The van der Waals surface area contributed by atoms with Crippen LogP contribution >= 0.6 is 0 Å². The Morgan fingerprint density at radius 2 is 1.73 bits per heavy atom. The summed E-state index contributed by atoms with van der Waals surface area (Å²) < 4.78 is 0. The molecule has 0 aromatic heterocycles. The second-order valence-corrected chi connectivity index (χ2v) is 8.19. The highest BCUT2D eigenvalue weighted by Crippen LogP contribution is 2.44. The Morgan fingerprint density at radius 3 is 2.58 bits per heavy atom. The van der Waals surface area contributed by atoms with Crippen molar-refractivity contribution in [1.82, 2.24) is 5.32 Å². The van der Waals surface area contributed by atoms with E-state index >= 15 is 0 Å². The molecule has 0 bridgehead atoms. The molecule has 2 aliphatic rings. The first-order valence-corrected chi connectivity index (χ1v) is 10.5. The van der Waals surface area contributed by atoms with Gasteiger partial charge in [-0.3, -0.25) is 9.59 Å². The third-order valence-corrected chi connectivity index (χ3v) is 6.33. The summed E-state index contributed by atoms with van der Waals surface area (Å²) in [4.78, 5) is 24.7. The first-order chi connectivity index (χ1) is 12.7. The van der Waals surface area contributed by atoms with Gasteiger partial charge in [-0.2, -0.15) is 0 Å². The quantitative estimate of drug-likeness (QED) is 0.670. The van der Waals surface area contributed by atoms with Crippen molar-refractivity contribution in [3.63, 3.8) is 0 Å². The van der Waals surface area contributed by atoms with E-state index < -0.39 is 0 Å². The fraction of sp³-hybridized carbons (Fsp3) is 0.652. The molecule has 0 spiro atoms. The van der Waals surface area contributed by atoms with Crippen molar-refractivity contribution in [2.24, 2.45) is 17.8 Å². The summed E-state index contributed by atoms with van der Waals surface area (Å²) >= 11 is 0. The first kappa shape index (κ1) is 19.3. The monoisotopic (exact) mass is 355 g/mol. The molecular formula is C23H33NO2. The number of nitrogens with one attached hydrogen (secondary N) is 1. The van der Waals surface area contributed by atoms with Crippen molar-refractivity contribution in [2.75, 3.05) is 13.1 Å². The largest absolute Gasteiger partial charge is 0.310 e. The van der Waals surface area contributed by atoms with Crippen LogP contribution in [0.25, 0.3) is 0 Å². The van der Waals surface area contributed by atoms with E-state index in [0.29, 0.717) is 37.0 Å². The van der Waals surface area contributed by atoms with E-state index in [1.165, 1.54) is 38.5 Å². The van der Waals surface area contributed by atoms with E-state index in [2.05, 4.69) is 5.32 Å². The summed E-state index contributed by atoms with van der Waals surface area (Å²) in [6, 6.07) is 9.86. The molecule has 26 heavy (non-hydrogen) atoms. The van der Waals surface area contributed by atoms with E-state index in [1.54, 1.807) is 0 Å². The van der Waals surface area contributed by atoms with E-state index in [1.807, 2.05) is 30.3 Å². The summed E-state index contributed by atoms with van der Waals surface area (Å²) in [5, 5.41) is 3.22. The highest BCUT2D eigenvalue weighted by molar-refractivity contribution is 5.83. The highest BCUT2D eigenvalue weighted by Gasteiger charge is 2.37. The number of hydrogen-bond donors (Lipinski definition) is 1. The summed E-state index contributed by atoms with van der Waals surface area (Å²) in [5.41, 5.74) is 1.06. The molecule has 1 aromatic carbocycles. The van der Waals surface area contributed by atoms with Crippen molar-refractivity contribution >= 4 is 11.6 Å². The van der Waals surface area contributed by atoms with Crippen molar-refractivity contribution in [3.8, 4) is 0 Å². The predicted molar refractivity (Wildman–Crippen MR) is 105 cm³/mol. The van der Waals surface area contributed by atoms with Gasteiger partial charge in [0.1, 0.15) is 5.78 Å². The molecule has 2 saturated carbocycles. The number of fused-ring (bicyclic) bond motifs is 1. The van der Waals surface area contributed by atoms with Crippen LogP contribution in [0.3, 0.4) is 0 Å². The third-order valence-electron chi connectivity index (χ3n) is 6.33. The number of hydrogen-bond acceptors (Lipinski definition) is 3. The zero-order valence-electron chi connectivity index (χ0n) is 15.9. The maximum absolute atomic E-state index is 12.7. The van der Waals surface area contributed by atoms with Crippen molar-refractivity contribution in [1.29, 1.82) is 0 Å². The molecule has 0 radical (unpaired) electrons. The Kier molecular flexibility index (Phi) is 7.43. The van der Waals surface area contributed by atoms with Crippen LogP contribution in [0, 0.1) is 17.8 Å². The van der Waals surface area contributed by atoms with Gasteiger partial charge in [0, 0.05) is 18.8 Å². The van der Waals surface area contributed by atoms with Gasteiger partial charge < -0.3 is 5.32 Å². The Hall–Kier alpha value is -1.48. The number of carbonyl (C=O) groups excluding carboxylic acids is 2. The van der Waals surface area contributed by atoms with Gasteiger partial charge in [0.2, 0.25) is 0 Å². The fourth-order valence-electron chi connectivity index (χ4n) is 5.03. The molecule has 2 aliphatic carbocycles. The minimum Gasteiger partial charge on any atom is -0.310 e. The lowest BCUT2D eigenvalue weighted by Gasteiger charge is -2.40. The SMILES string of the molecule is O=C(CNCCCC(=O)C1CCCC2CCCCC21)Cc1ccccc1. The maximum atomic E-state index is 12.7. The number of carbonyl (C=O) groups is 2. The molecule has 0 amide bonds. The molecule has 1 N–H and O–H groups in total. The summed E-state index contributed by atoms with van der Waals surface area (Å²) in [6.45, 7) is 1.16. The molecule has 0 aliphatic heterocycles. The van der Waals surface area contributed by atoms with Crippen LogP contribution in [0.1, 0.15) is 63.4 Å². The van der Waals surface area contributed by atoms with Crippen LogP contribution in [-0.4, -0.2) is 24.7 Å².